The third-order valence-electron chi connectivity index (χ3n) is 3.40. The molecular formula is C14H16F3NO2. The molecular weight excluding hydrogens is 271 g/mol. The third kappa shape index (κ3) is 3.50. The van der Waals surface area contributed by atoms with Crippen LogP contribution in [0, 0.1) is 5.92 Å². The Morgan fingerprint density at radius 3 is 2.55 bits per heavy atom. The van der Waals surface area contributed by atoms with Crippen LogP contribution in [0.4, 0.5) is 13.2 Å². The summed E-state index contributed by atoms with van der Waals surface area (Å²) >= 11 is 0. The Bertz CT molecular complexity index is 470. The number of rotatable bonds is 5. The second kappa shape index (κ2) is 5.83. The van der Waals surface area contributed by atoms with Crippen LogP contribution in [-0.2, 0) is 15.7 Å². The van der Waals surface area contributed by atoms with Gasteiger partial charge in [-0.3, -0.25) is 4.79 Å². The minimum atomic E-state index is -4.32. The highest BCUT2D eigenvalue weighted by Crippen LogP contribution is 2.47. The Kier molecular flexibility index (Phi) is 4.32. The molecule has 6 heteroatoms. The van der Waals surface area contributed by atoms with E-state index in [0.717, 1.165) is 17.7 Å². The van der Waals surface area contributed by atoms with Crippen molar-refractivity contribution in [2.75, 3.05) is 20.3 Å². The summed E-state index contributed by atoms with van der Waals surface area (Å²) in [4.78, 5) is 11.7. The van der Waals surface area contributed by atoms with Crippen molar-refractivity contribution in [3.63, 3.8) is 0 Å². The largest absolute Gasteiger partial charge is 0.416 e. The number of hydrogen-bond acceptors (Lipinski definition) is 2. The van der Waals surface area contributed by atoms with Crippen LogP contribution in [0.5, 0.6) is 0 Å². The average molecular weight is 287 g/mol. The molecule has 0 radical (unpaired) electrons. The number of methoxy groups -OCH3 is 1. The van der Waals surface area contributed by atoms with Gasteiger partial charge < -0.3 is 10.1 Å². The predicted molar refractivity (Wildman–Crippen MR) is 67.2 cm³/mol. The van der Waals surface area contributed by atoms with E-state index in [4.69, 9.17) is 4.74 Å². The van der Waals surface area contributed by atoms with Crippen molar-refractivity contribution in [3.8, 4) is 0 Å². The average Bonchev–Trinajstić information content (AvgIpc) is 3.18. The van der Waals surface area contributed by atoms with E-state index in [1.54, 1.807) is 7.11 Å². The van der Waals surface area contributed by atoms with Gasteiger partial charge in [-0.15, -0.1) is 0 Å². The van der Waals surface area contributed by atoms with Crippen LogP contribution in [0.15, 0.2) is 24.3 Å². The molecule has 1 fully saturated rings. The summed E-state index contributed by atoms with van der Waals surface area (Å²) in [6, 6.07) is 5.03. The summed E-state index contributed by atoms with van der Waals surface area (Å²) in [6.07, 6.45) is -3.64. The van der Waals surface area contributed by atoms with Crippen LogP contribution in [-0.4, -0.2) is 26.2 Å². The Labute approximate surface area is 115 Å². The topological polar surface area (TPSA) is 38.3 Å². The van der Waals surface area contributed by atoms with Crippen molar-refractivity contribution < 1.29 is 22.7 Å². The van der Waals surface area contributed by atoms with Crippen LogP contribution in [0.25, 0.3) is 0 Å². The number of carbonyl (C=O) groups is 1. The Hall–Kier alpha value is -1.56. The minimum absolute atomic E-state index is 0.0276. The lowest BCUT2D eigenvalue weighted by Gasteiger charge is -2.07. The molecule has 0 aliphatic heterocycles. The lowest BCUT2D eigenvalue weighted by Crippen LogP contribution is -2.28. The number of halogens is 3. The highest BCUT2D eigenvalue weighted by molar-refractivity contribution is 5.82. The standard InChI is InChI=1S/C14H16F3NO2/c1-20-7-6-18-13(19)12-8-11(12)9-2-4-10(5-3-9)14(15,16)17/h2-5,11-12H,6-8H2,1H3,(H,18,19). The molecule has 0 saturated heterocycles. The maximum absolute atomic E-state index is 12.4. The van der Waals surface area contributed by atoms with Crippen LogP contribution >= 0.6 is 0 Å². The number of ether oxygens (including phenoxy) is 1. The molecule has 0 bridgehead atoms. The van der Waals surface area contributed by atoms with Crippen LogP contribution < -0.4 is 5.32 Å². The molecule has 1 aromatic carbocycles. The molecule has 110 valence electrons. The maximum Gasteiger partial charge on any atom is 0.416 e. The fourth-order valence-corrected chi connectivity index (χ4v) is 2.18. The van der Waals surface area contributed by atoms with Gasteiger partial charge in [-0.1, -0.05) is 12.1 Å². The molecule has 1 amide bonds. The molecule has 3 nitrogen and oxygen atoms in total. The van der Waals surface area contributed by atoms with Crippen molar-refractivity contribution in [2.45, 2.75) is 18.5 Å². The van der Waals surface area contributed by atoms with Gasteiger partial charge in [0.25, 0.3) is 0 Å². The number of hydrogen-bond donors (Lipinski definition) is 1. The van der Waals surface area contributed by atoms with Gasteiger partial charge >= 0.3 is 6.18 Å². The molecule has 2 atom stereocenters. The Balaban J connectivity index is 1.90. The molecule has 1 aromatic rings. The van der Waals surface area contributed by atoms with Crippen LogP contribution in [0.2, 0.25) is 0 Å². The number of carbonyl (C=O) groups excluding carboxylic acids is 1. The van der Waals surface area contributed by atoms with E-state index in [1.807, 2.05) is 0 Å². The second-order valence-electron chi connectivity index (χ2n) is 4.85. The molecule has 1 saturated carbocycles. The Morgan fingerprint density at radius 1 is 1.35 bits per heavy atom. The molecule has 2 rings (SSSR count). The van der Waals surface area contributed by atoms with Crippen molar-refractivity contribution in [3.05, 3.63) is 35.4 Å². The summed E-state index contributed by atoms with van der Waals surface area (Å²) in [7, 11) is 1.55. The zero-order chi connectivity index (χ0) is 14.8. The zero-order valence-electron chi connectivity index (χ0n) is 11.0. The molecule has 0 spiro atoms. The van der Waals surface area contributed by atoms with Gasteiger partial charge in [0.05, 0.1) is 12.2 Å². The minimum Gasteiger partial charge on any atom is -0.383 e. The van der Waals surface area contributed by atoms with Crippen molar-refractivity contribution in [1.29, 1.82) is 0 Å². The van der Waals surface area contributed by atoms with Gasteiger partial charge in [0.1, 0.15) is 0 Å². The first-order chi connectivity index (χ1) is 9.43. The lowest BCUT2D eigenvalue weighted by atomic mass is 10.1. The summed E-state index contributed by atoms with van der Waals surface area (Å²) in [5.41, 5.74) is 0.118. The van der Waals surface area contributed by atoms with Crippen LogP contribution in [0.3, 0.4) is 0 Å². The zero-order valence-corrected chi connectivity index (χ0v) is 11.0. The maximum atomic E-state index is 12.4. The highest BCUT2D eigenvalue weighted by Gasteiger charge is 2.44. The number of amides is 1. The van der Waals surface area contributed by atoms with Crippen molar-refractivity contribution >= 4 is 5.91 Å². The van der Waals surface area contributed by atoms with E-state index < -0.39 is 11.7 Å². The molecule has 0 aromatic heterocycles. The predicted octanol–water partition coefficient (Wildman–Crippen LogP) is 2.57. The number of benzene rings is 1. The molecule has 20 heavy (non-hydrogen) atoms. The van der Waals surface area contributed by atoms with E-state index in [1.165, 1.54) is 12.1 Å². The van der Waals surface area contributed by atoms with Gasteiger partial charge in [-0.25, -0.2) is 0 Å². The molecule has 1 aliphatic carbocycles. The molecule has 1 aliphatic rings. The van der Waals surface area contributed by atoms with Gasteiger partial charge in [-0.2, -0.15) is 13.2 Å². The van der Waals surface area contributed by atoms with Gasteiger partial charge in [0.15, 0.2) is 0 Å². The van der Waals surface area contributed by atoms with E-state index in [0.29, 0.717) is 19.6 Å². The van der Waals surface area contributed by atoms with Gasteiger partial charge in [0, 0.05) is 19.6 Å². The van der Waals surface area contributed by atoms with E-state index in [9.17, 15) is 18.0 Å². The summed E-state index contributed by atoms with van der Waals surface area (Å²) in [6.45, 7) is 0.898. The first-order valence-electron chi connectivity index (χ1n) is 6.37. The van der Waals surface area contributed by atoms with Gasteiger partial charge in [-0.05, 0) is 30.0 Å². The first-order valence-corrected chi connectivity index (χ1v) is 6.37. The quantitative estimate of drug-likeness (QED) is 0.845. The summed E-state index contributed by atoms with van der Waals surface area (Å²) in [5, 5.41) is 2.74. The Morgan fingerprint density at radius 2 is 2.00 bits per heavy atom. The normalized spacial score (nSPS) is 21.6. The smallest absolute Gasteiger partial charge is 0.383 e. The summed E-state index contributed by atoms with van der Waals surface area (Å²) < 4.78 is 42.1. The fourth-order valence-electron chi connectivity index (χ4n) is 2.18. The van der Waals surface area contributed by atoms with Gasteiger partial charge in [0.2, 0.25) is 5.91 Å². The molecule has 0 heterocycles. The lowest BCUT2D eigenvalue weighted by molar-refractivity contribution is -0.137. The second-order valence-corrected chi connectivity index (χ2v) is 4.85. The van der Waals surface area contributed by atoms with Crippen LogP contribution in [0.1, 0.15) is 23.5 Å². The monoisotopic (exact) mass is 287 g/mol. The molecule has 1 N–H and O–H groups in total. The number of alkyl halides is 3. The van der Waals surface area contributed by atoms with Crippen molar-refractivity contribution in [2.24, 2.45) is 5.92 Å². The van der Waals surface area contributed by atoms with E-state index >= 15 is 0 Å². The first kappa shape index (κ1) is 14.8. The summed E-state index contributed by atoms with van der Waals surface area (Å²) in [5.74, 6) is -0.171. The third-order valence-corrected chi connectivity index (χ3v) is 3.40. The highest BCUT2D eigenvalue weighted by atomic mass is 19.4. The number of nitrogens with one attached hydrogen (secondary N) is 1. The SMILES string of the molecule is COCCNC(=O)C1CC1c1ccc(C(F)(F)F)cc1. The fraction of sp³-hybridized carbons (Fsp3) is 0.500. The van der Waals surface area contributed by atoms with E-state index in [-0.39, 0.29) is 17.7 Å². The van der Waals surface area contributed by atoms with E-state index in [2.05, 4.69) is 5.32 Å². The molecule has 2 unspecified atom stereocenters. The van der Waals surface area contributed by atoms with Crippen molar-refractivity contribution in [1.82, 2.24) is 5.32 Å².